The molecule has 3 nitrogen and oxygen atoms in total. The number of benzene rings is 2. The zero-order chi connectivity index (χ0) is 14.1. The van der Waals surface area contributed by atoms with Crippen LogP contribution in [0.1, 0.15) is 5.56 Å². The summed E-state index contributed by atoms with van der Waals surface area (Å²) < 4.78 is 0. The number of nitrogens with two attached hydrogens (primary N) is 1. The minimum atomic E-state index is 0.668. The number of aromatic nitrogens is 1. The molecule has 0 aliphatic rings. The first-order valence-electron chi connectivity index (χ1n) is 6.31. The SMILES string of the molecule is Cc1ccc(Cl)c(Nc2ccc(N)c3ncccc23)c1. The van der Waals surface area contributed by atoms with Gasteiger partial charge in [0.2, 0.25) is 0 Å². The van der Waals surface area contributed by atoms with Gasteiger partial charge in [0.1, 0.15) is 0 Å². The summed E-state index contributed by atoms with van der Waals surface area (Å²) >= 11 is 6.23. The molecule has 0 aliphatic carbocycles. The second kappa shape index (κ2) is 5.02. The molecule has 0 aliphatic heterocycles. The van der Waals surface area contributed by atoms with Crippen molar-refractivity contribution in [3.05, 3.63) is 59.2 Å². The molecular weight excluding hydrogens is 270 g/mol. The maximum atomic E-state index is 6.23. The molecule has 0 fully saturated rings. The highest BCUT2D eigenvalue weighted by molar-refractivity contribution is 6.33. The summed E-state index contributed by atoms with van der Waals surface area (Å²) in [5.74, 6) is 0. The predicted molar refractivity (Wildman–Crippen MR) is 85.6 cm³/mol. The van der Waals surface area contributed by atoms with Gasteiger partial charge >= 0.3 is 0 Å². The Hall–Kier alpha value is -2.26. The Balaban J connectivity index is 2.11. The zero-order valence-electron chi connectivity index (χ0n) is 11.0. The van der Waals surface area contributed by atoms with Crippen molar-refractivity contribution in [3.8, 4) is 0 Å². The number of anilines is 3. The number of nitrogens with zero attached hydrogens (tertiary/aromatic N) is 1. The normalized spacial score (nSPS) is 10.7. The molecule has 0 saturated heterocycles. The van der Waals surface area contributed by atoms with Crippen molar-refractivity contribution in [2.75, 3.05) is 11.1 Å². The van der Waals surface area contributed by atoms with Crippen LogP contribution in [0.2, 0.25) is 5.02 Å². The van der Waals surface area contributed by atoms with E-state index in [1.165, 1.54) is 0 Å². The average molecular weight is 284 g/mol. The Bertz CT molecular complexity index is 784. The van der Waals surface area contributed by atoms with Gasteiger partial charge in [-0.2, -0.15) is 0 Å². The smallest absolute Gasteiger partial charge is 0.0951 e. The van der Waals surface area contributed by atoms with Crippen molar-refractivity contribution in [1.82, 2.24) is 4.98 Å². The number of hydrogen-bond donors (Lipinski definition) is 2. The lowest BCUT2D eigenvalue weighted by Gasteiger charge is -2.12. The first-order valence-corrected chi connectivity index (χ1v) is 6.69. The van der Waals surface area contributed by atoms with Crippen LogP contribution in [0.4, 0.5) is 17.1 Å². The van der Waals surface area contributed by atoms with Gasteiger partial charge in [-0.3, -0.25) is 4.98 Å². The molecule has 1 heterocycles. The minimum absolute atomic E-state index is 0.668. The standard InChI is InChI=1S/C16H14ClN3/c1-10-4-5-12(17)15(9-10)20-14-7-6-13(18)16-11(14)3-2-8-19-16/h2-9,20H,18H2,1H3. The van der Waals surface area contributed by atoms with Crippen LogP contribution in [0.3, 0.4) is 0 Å². The second-order valence-corrected chi connectivity index (χ2v) is 5.12. The van der Waals surface area contributed by atoms with Gasteiger partial charge in [-0.05, 0) is 48.9 Å². The molecule has 100 valence electrons. The molecule has 0 bridgehead atoms. The summed E-state index contributed by atoms with van der Waals surface area (Å²) in [5, 5.41) is 5.02. The lowest BCUT2D eigenvalue weighted by Crippen LogP contribution is -1.96. The van der Waals surface area contributed by atoms with Crippen molar-refractivity contribution in [2.24, 2.45) is 0 Å². The summed E-state index contributed by atoms with van der Waals surface area (Å²) in [5.41, 5.74) is 10.4. The van der Waals surface area contributed by atoms with Gasteiger partial charge < -0.3 is 11.1 Å². The monoisotopic (exact) mass is 283 g/mol. The molecule has 0 unspecified atom stereocenters. The quantitative estimate of drug-likeness (QED) is 0.680. The Morgan fingerprint density at radius 1 is 1.10 bits per heavy atom. The first kappa shape index (κ1) is 12.8. The summed E-state index contributed by atoms with van der Waals surface area (Å²) in [6.07, 6.45) is 1.74. The van der Waals surface area contributed by atoms with Gasteiger partial charge in [0.05, 0.1) is 21.9 Å². The van der Waals surface area contributed by atoms with Crippen LogP contribution in [-0.2, 0) is 0 Å². The molecular formula is C16H14ClN3. The van der Waals surface area contributed by atoms with E-state index >= 15 is 0 Å². The van der Waals surface area contributed by atoms with Crippen LogP contribution in [0.5, 0.6) is 0 Å². The average Bonchev–Trinajstić information content (AvgIpc) is 2.46. The van der Waals surface area contributed by atoms with E-state index < -0.39 is 0 Å². The summed E-state index contributed by atoms with van der Waals surface area (Å²) in [7, 11) is 0. The summed E-state index contributed by atoms with van der Waals surface area (Å²) in [4.78, 5) is 4.33. The maximum absolute atomic E-state index is 6.23. The molecule has 0 spiro atoms. The van der Waals surface area contributed by atoms with Crippen LogP contribution in [0, 0.1) is 6.92 Å². The van der Waals surface area contributed by atoms with Gasteiger partial charge in [-0.25, -0.2) is 0 Å². The highest BCUT2D eigenvalue weighted by atomic mass is 35.5. The molecule has 4 heteroatoms. The van der Waals surface area contributed by atoms with E-state index in [4.69, 9.17) is 17.3 Å². The topological polar surface area (TPSA) is 50.9 Å². The van der Waals surface area contributed by atoms with Crippen molar-refractivity contribution in [3.63, 3.8) is 0 Å². The number of pyridine rings is 1. The highest BCUT2D eigenvalue weighted by Gasteiger charge is 2.07. The number of aryl methyl sites for hydroxylation is 1. The fourth-order valence-corrected chi connectivity index (χ4v) is 2.35. The number of rotatable bonds is 2. The summed E-state index contributed by atoms with van der Waals surface area (Å²) in [6, 6.07) is 13.6. The van der Waals surface area contributed by atoms with Crippen molar-refractivity contribution in [2.45, 2.75) is 6.92 Å². The predicted octanol–water partition coefficient (Wildman–Crippen LogP) is 4.52. The van der Waals surface area contributed by atoms with E-state index in [0.717, 1.165) is 27.8 Å². The molecule has 3 rings (SSSR count). The number of halogens is 1. The number of nitrogens with one attached hydrogen (secondary N) is 1. The summed E-state index contributed by atoms with van der Waals surface area (Å²) in [6.45, 7) is 2.03. The largest absolute Gasteiger partial charge is 0.397 e. The fraction of sp³-hybridized carbons (Fsp3) is 0.0625. The molecule has 0 saturated carbocycles. The maximum Gasteiger partial charge on any atom is 0.0951 e. The third-order valence-corrected chi connectivity index (χ3v) is 3.52. The number of nitrogen functional groups attached to an aromatic ring is 1. The Kier molecular flexibility index (Phi) is 3.20. The number of hydrogen-bond acceptors (Lipinski definition) is 3. The lowest BCUT2D eigenvalue weighted by molar-refractivity contribution is 1.41. The lowest BCUT2D eigenvalue weighted by atomic mass is 10.1. The molecule has 1 aromatic heterocycles. The van der Waals surface area contributed by atoms with Crippen molar-refractivity contribution < 1.29 is 0 Å². The van der Waals surface area contributed by atoms with E-state index in [9.17, 15) is 0 Å². The van der Waals surface area contributed by atoms with Crippen LogP contribution in [0.15, 0.2) is 48.7 Å². The van der Waals surface area contributed by atoms with Crippen molar-refractivity contribution >= 4 is 39.6 Å². The van der Waals surface area contributed by atoms with Crippen molar-refractivity contribution in [1.29, 1.82) is 0 Å². The van der Waals surface area contributed by atoms with Gasteiger partial charge in [-0.15, -0.1) is 0 Å². The van der Waals surface area contributed by atoms with E-state index in [1.54, 1.807) is 6.20 Å². The molecule has 0 amide bonds. The Labute approximate surface area is 122 Å². The minimum Gasteiger partial charge on any atom is -0.397 e. The van der Waals surface area contributed by atoms with Crippen LogP contribution in [-0.4, -0.2) is 4.98 Å². The van der Waals surface area contributed by atoms with Gasteiger partial charge in [-0.1, -0.05) is 17.7 Å². The molecule has 20 heavy (non-hydrogen) atoms. The number of fused-ring (bicyclic) bond motifs is 1. The second-order valence-electron chi connectivity index (χ2n) is 4.71. The van der Waals surface area contributed by atoms with Crippen LogP contribution in [0.25, 0.3) is 10.9 Å². The fourth-order valence-electron chi connectivity index (χ4n) is 2.18. The molecule has 3 aromatic rings. The van der Waals surface area contributed by atoms with E-state index in [1.807, 2.05) is 49.4 Å². The Morgan fingerprint density at radius 2 is 1.95 bits per heavy atom. The third kappa shape index (κ3) is 2.28. The van der Waals surface area contributed by atoms with Gasteiger partial charge in [0.25, 0.3) is 0 Å². The van der Waals surface area contributed by atoms with E-state index in [0.29, 0.717) is 10.7 Å². The highest BCUT2D eigenvalue weighted by Crippen LogP contribution is 2.32. The molecule has 0 atom stereocenters. The van der Waals surface area contributed by atoms with Gasteiger partial charge in [0.15, 0.2) is 0 Å². The third-order valence-electron chi connectivity index (χ3n) is 3.19. The van der Waals surface area contributed by atoms with Gasteiger partial charge in [0, 0.05) is 17.3 Å². The van der Waals surface area contributed by atoms with Crippen LogP contribution >= 0.6 is 11.6 Å². The molecule has 0 radical (unpaired) electrons. The van der Waals surface area contributed by atoms with E-state index in [2.05, 4.69) is 10.3 Å². The molecule has 3 N–H and O–H groups in total. The Morgan fingerprint density at radius 3 is 2.80 bits per heavy atom. The van der Waals surface area contributed by atoms with E-state index in [-0.39, 0.29) is 0 Å². The molecule has 2 aromatic carbocycles. The van der Waals surface area contributed by atoms with Crippen LogP contribution < -0.4 is 11.1 Å². The first-order chi connectivity index (χ1) is 9.65. The zero-order valence-corrected chi connectivity index (χ0v) is 11.8.